The van der Waals surface area contributed by atoms with Crippen LogP contribution in [0.3, 0.4) is 0 Å². The molecule has 0 saturated heterocycles. The number of ether oxygens (including phenoxy) is 1. The molecular formula is C24H24ClNO2. The van der Waals surface area contributed by atoms with Crippen molar-refractivity contribution in [3.63, 3.8) is 0 Å². The molecule has 3 rings (SSSR count). The molecular weight excluding hydrogens is 370 g/mol. The molecule has 28 heavy (non-hydrogen) atoms. The lowest BCUT2D eigenvalue weighted by atomic mass is 9.96. The Morgan fingerprint density at radius 2 is 1.54 bits per heavy atom. The number of esters is 1. The number of carbonyl (C=O) groups excluding carboxylic acids is 1. The lowest BCUT2D eigenvalue weighted by Crippen LogP contribution is -2.18. The number of carbonyl (C=O) groups is 1. The number of rotatable bonds is 7. The molecule has 1 atom stereocenters. The minimum absolute atomic E-state index is 0.0342. The fourth-order valence-electron chi connectivity index (χ4n) is 3.28. The van der Waals surface area contributed by atoms with Gasteiger partial charge in [-0.25, -0.2) is 0 Å². The van der Waals surface area contributed by atoms with Crippen molar-refractivity contribution in [1.82, 2.24) is 0 Å². The maximum atomic E-state index is 11.9. The van der Waals surface area contributed by atoms with Gasteiger partial charge >= 0.3 is 5.97 Å². The Morgan fingerprint density at radius 1 is 0.964 bits per heavy atom. The normalized spacial score (nSPS) is 11.9. The van der Waals surface area contributed by atoms with Gasteiger partial charge in [-0.05, 0) is 35.2 Å². The Balaban J connectivity index is 1.97. The summed E-state index contributed by atoms with van der Waals surface area (Å²) in [5, 5.41) is 4.30. The van der Waals surface area contributed by atoms with Crippen molar-refractivity contribution >= 4 is 23.3 Å². The van der Waals surface area contributed by atoms with Crippen LogP contribution in [0.4, 0.5) is 5.69 Å². The highest BCUT2D eigenvalue weighted by Gasteiger charge is 2.19. The van der Waals surface area contributed by atoms with Gasteiger partial charge in [0, 0.05) is 10.7 Å². The average molecular weight is 394 g/mol. The summed E-state index contributed by atoms with van der Waals surface area (Å²) >= 11 is 6.29. The monoisotopic (exact) mass is 393 g/mol. The largest absolute Gasteiger partial charge is 0.469 e. The van der Waals surface area contributed by atoms with E-state index in [1.807, 2.05) is 61.5 Å². The minimum Gasteiger partial charge on any atom is -0.469 e. The van der Waals surface area contributed by atoms with E-state index in [-0.39, 0.29) is 17.9 Å². The molecule has 4 heteroatoms. The van der Waals surface area contributed by atoms with Crippen molar-refractivity contribution in [2.45, 2.75) is 19.4 Å². The van der Waals surface area contributed by atoms with E-state index in [9.17, 15) is 4.79 Å². The van der Waals surface area contributed by atoms with E-state index in [1.165, 1.54) is 7.11 Å². The molecule has 0 aliphatic heterocycles. The molecule has 3 aromatic rings. The second-order valence-electron chi connectivity index (χ2n) is 6.83. The van der Waals surface area contributed by atoms with E-state index >= 15 is 0 Å². The van der Waals surface area contributed by atoms with Crippen molar-refractivity contribution in [3.05, 3.63) is 101 Å². The van der Waals surface area contributed by atoms with Crippen molar-refractivity contribution in [1.29, 1.82) is 0 Å². The number of halogens is 1. The van der Waals surface area contributed by atoms with Crippen LogP contribution in [0.5, 0.6) is 0 Å². The van der Waals surface area contributed by atoms with Crippen LogP contribution in [0.25, 0.3) is 0 Å². The number of anilines is 1. The highest BCUT2D eigenvalue weighted by atomic mass is 35.5. The van der Waals surface area contributed by atoms with Crippen LogP contribution in [0.15, 0.2) is 78.9 Å². The van der Waals surface area contributed by atoms with Gasteiger partial charge in [0.25, 0.3) is 0 Å². The van der Waals surface area contributed by atoms with Gasteiger partial charge in [0.1, 0.15) is 0 Å². The molecule has 1 N–H and O–H groups in total. The van der Waals surface area contributed by atoms with E-state index in [0.717, 1.165) is 22.4 Å². The Morgan fingerprint density at radius 3 is 2.07 bits per heavy atom. The Bertz CT molecular complexity index is 873. The summed E-state index contributed by atoms with van der Waals surface area (Å²) in [5.41, 5.74) is 4.25. The molecule has 0 heterocycles. The average Bonchev–Trinajstić information content (AvgIpc) is 2.74. The molecule has 0 bridgehead atoms. The summed E-state index contributed by atoms with van der Waals surface area (Å²) in [5.74, 6) is -0.456. The SMILES string of the molecule is COC(=O)C(C)Cc1ccc(Cl)cc1NC(c1ccccc1)c1ccccc1. The second kappa shape index (κ2) is 9.43. The summed E-state index contributed by atoms with van der Waals surface area (Å²) < 4.78 is 4.88. The second-order valence-corrected chi connectivity index (χ2v) is 7.26. The van der Waals surface area contributed by atoms with E-state index in [0.29, 0.717) is 11.4 Å². The third kappa shape index (κ3) is 4.93. The summed E-state index contributed by atoms with van der Waals surface area (Å²) in [7, 11) is 1.42. The molecule has 144 valence electrons. The van der Waals surface area contributed by atoms with Gasteiger partial charge in [-0.1, -0.05) is 85.3 Å². The van der Waals surface area contributed by atoms with Gasteiger partial charge in [0.15, 0.2) is 0 Å². The molecule has 0 aliphatic rings. The zero-order chi connectivity index (χ0) is 19.9. The van der Waals surface area contributed by atoms with Gasteiger partial charge in [0.2, 0.25) is 0 Å². The van der Waals surface area contributed by atoms with E-state index in [2.05, 4.69) is 29.6 Å². The smallest absolute Gasteiger partial charge is 0.308 e. The highest BCUT2D eigenvalue weighted by molar-refractivity contribution is 6.30. The zero-order valence-corrected chi connectivity index (χ0v) is 16.8. The number of benzene rings is 3. The van der Waals surface area contributed by atoms with E-state index < -0.39 is 0 Å². The third-order valence-electron chi connectivity index (χ3n) is 4.77. The van der Waals surface area contributed by atoms with Gasteiger partial charge in [-0.15, -0.1) is 0 Å². The van der Waals surface area contributed by atoms with Crippen LogP contribution in [0.1, 0.15) is 29.7 Å². The summed E-state index contributed by atoms with van der Waals surface area (Å²) in [4.78, 5) is 11.9. The number of nitrogens with one attached hydrogen (secondary N) is 1. The predicted octanol–water partition coefficient (Wildman–Crippen LogP) is 5.89. The number of hydrogen-bond acceptors (Lipinski definition) is 3. The highest BCUT2D eigenvalue weighted by Crippen LogP contribution is 2.31. The lowest BCUT2D eigenvalue weighted by Gasteiger charge is -2.24. The molecule has 3 nitrogen and oxygen atoms in total. The lowest BCUT2D eigenvalue weighted by molar-refractivity contribution is -0.144. The fourth-order valence-corrected chi connectivity index (χ4v) is 3.45. The Hall–Kier alpha value is -2.78. The first-order valence-corrected chi connectivity index (χ1v) is 9.69. The van der Waals surface area contributed by atoms with E-state index in [4.69, 9.17) is 16.3 Å². The zero-order valence-electron chi connectivity index (χ0n) is 16.1. The van der Waals surface area contributed by atoms with Crippen molar-refractivity contribution in [3.8, 4) is 0 Å². The van der Waals surface area contributed by atoms with Crippen LogP contribution >= 0.6 is 11.6 Å². The van der Waals surface area contributed by atoms with Crippen LogP contribution in [0, 0.1) is 5.92 Å². The molecule has 1 unspecified atom stereocenters. The molecule has 0 amide bonds. The fraction of sp³-hybridized carbons (Fsp3) is 0.208. The summed E-state index contributed by atoms with van der Waals surface area (Å²) in [6.45, 7) is 1.87. The topological polar surface area (TPSA) is 38.3 Å². The van der Waals surface area contributed by atoms with Crippen LogP contribution in [-0.4, -0.2) is 13.1 Å². The van der Waals surface area contributed by atoms with Crippen LogP contribution in [-0.2, 0) is 16.0 Å². The molecule has 0 aromatic heterocycles. The van der Waals surface area contributed by atoms with Crippen LogP contribution < -0.4 is 5.32 Å². The molecule has 0 saturated carbocycles. The quantitative estimate of drug-likeness (QED) is 0.508. The minimum atomic E-state index is -0.237. The first-order chi connectivity index (χ1) is 13.6. The van der Waals surface area contributed by atoms with Crippen molar-refractivity contribution in [2.24, 2.45) is 5.92 Å². The molecule has 3 aromatic carbocycles. The van der Waals surface area contributed by atoms with E-state index in [1.54, 1.807) is 0 Å². The molecule has 0 aliphatic carbocycles. The van der Waals surface area contributed by atoms with Gasteiger partial charge in [-0.3, -0.25) is 4.79 Å². The van der Waals surface area contributed by atoms with Crippen molar-refractivity contribution in [2.75, 3.05) is 12.4 Å². The Labute approximate surface area is 171 Å². The van der Waals surface area contributed by atoms with Gasteiger partial charge < -0.3 is 10.1 Å². The number of hydrogen-bond donors (Lipinski definition) is 1. The van der Waals surface area contributed by atoms with Crippen LogP contribution in [0.2, 0.25) is 5.02 Å². The predicted molar refractivity (Wildman–Crippen MR) is 115 cm³/mol. The standard InChI is InChI=1S/C24H24ClNO2/c1-17(24(27)28-2)15-20-13-14-21(25)16-22(20)26-23(18-9-5-3-6-10-18)19-11-7-4-8-12-19/h3-14,16-17,23,26H,15H2,1-2H3. The van der Waals surface area contributed by atoms with Crippen molar-refractivity contribution < 1.29 is 9.53 Å². The first-order valence-electron chi connectivity index (χ1n) is 9.31. The Kier molecular flexibility index (Phi) is 6.72. The van der Waals surface area contributed by atoms with Gasteiger partial charge in [0.05, 0.1) is 19.1 Å². The first kappa shape index (κ1) is 20.0. The third-order valence-corrected chi connectivity index (χ3v) is 5.00. The molecule has 0 radical (unpaired) electrons. The maximum Gasteiger partial charge on any atom is 0.308 e. The number of methoxy groups -OCH3 is 1. The molecule has 0 spiro atoms. The van der Waals surface area contributed by atoms with Gasteiger partial charge in [-0.2, -0.15) is 0 Å². The summed E-state index contributed by atoms with van der Waals surface area (Å²) in [6, 6.07) is 26.3. The summed E-state index contributed by atoms with van der Waals surface area (Å²) in [6.07, 6.45) is 0.572. The maximum absolute atomic E-state index is 11.9. The molecule has 0 fully saturated rings.